The van der Waals surface area contributed by atoms with Crippen LogP contribution in [0.4, 0.5) is 0 Å². The lowest BCUT2D eigenvalue weighted by atomic mass is 10.3. The van der Waals surface area contributed by atoms with E-state index < -0.39 is 6.04 Å². The number of para-hydroxylation sites is 1. The molecule has 0 fully saturated rings. The first-order valence-electron chi connectivity index (χ1n) is 7.29. The summed E-state index contributed by atoms with van der Waals surface area (Å²) < 4.78 is 3.00. The molecule has 24 heavy (non-hydrogen) atoms. The molecule has 6 nitrogen and oxygen atoms in total. The minimum atomic E-state index is -0.678. The first kappa shape index (κ1) is 16.4. The number of nitrogens with one attached hydrogen (secondary N) is 2. The molecule has 124 valence electrons. The van der Waals surface area contributed by atoms with Crippen molar-refractivity contribution in [3.8, 4) is 0 Å². The smallest absolute Gasteiger partial charge is 0.262 e. The van der Waals surface area contributed by atoms with Crippen molar-refractivity contribution in [2.75, 3.05) is 0 Å². The molecule has 0 aliphatic heterocycles. The number of thiazole rings is 1. The van der Waals surface area contributed by atoms with E-state index in [0.717, 1.165) is 10.2 Å². The summed E-state index contributed by atoms with van der Waals surface area (Å²) >= 11 is 2.82. The van der Waals surface area contributed by atoms with Gasteiger partial charge in [0.15, 0.2) is 0 Å². The number of nitrogens with zero attached hydrogens (tertiary/aromatic N) is 2. The minimum Gasteiger partial charge on any atom is -0.340 e. The normalized spacial score (nSPS) is 13.0. The lowest BCUT2D eigenvalue weighted by Gasteiger charge is -2.10. The van der Waals surface area contributed by atoms with Crippen LogP contribution in [0.5, 0.6) is 0 Å². The van der Waals surface area contributed by atoms with E-state index in [1.807, 2.05) is 41.3 Å². The third-order valence-corrected chi connectivity index (χ3v) is 5.44. The van der Waals surface area contributed by atoms with E-state index in [1.165, 1.54) is 22.7 Å². The highest BCUT2D eigenvalue weighted by molar-refractivity contribution is 7.16. The van der Waals surface area contributed by atoms with E-state index in [9.17, 15) is 9.59 Å². The van der Waals surface area contributed by atoms with Gasteiger partial charge in [-0.25, -0.2) is 5.43 Å². The number of thiophene rings is 1. The fraction of sp³-hybridized carbons (Fsp3) is 0.188. The second-order valence-electron chi connectivity index (χ2n) is 5.17. The predicted octanol–water partition coefficient (Wildman–Crippen LogP) is 2.05. The second-order valence-corrected chi connectivity index (χ2v) is 7.13. The second kappa shape index (κ2) is 6.98. The van der Waals surface area contributed by atoms with Crippen molar-refractivity contribution in [2.24, 2.45) is 12.1 Å². The molecule has 0 saturated carbocycles. The van der Waals surface area contributed by atoms with Gasteiger partial charge in [0.25, 0.3) is 11.8 Å². The number of rotatable bonds is 4. The Bertz CT molecular complexity index is 941. The lowest BCUT2D eigenvalue weighted by molar-refractivity contribution is -0.122. The molecular formula is C16H16N4O2S2. The third kappa shape index (κ3) is 3.39. The molecule has 3 aromatic rings. The SMILES string of the molecule is CC(NC(=O)c1cccs1)C(=O)N/N=c1/sc2ccccc2n1C. The van der Waals surface area contributed by atoms with Gasteiger partial charge in [0.1, 0.15) is 6.04 Å². The lowest BCUT2D eigenvalue weighted by Crippen LogP contribution is -2.43. The summed E-state index contributed by atoms with van der Waals surface area (Å²) in [6.45, 7) is 1.63. The maximum absolute atomic E-state index is 12.1. The molecule has 2 amide bonds. The Morgan fingerprint density at radius 2 is 2.00 bits per heavy atom. The standard InChI is InChI=1S/C16H16N4O2S2/c1-10(17-15(22)13-8-5-9-23-13)14(21)18-19-16-20(2)11-6-3-4-7-12(11)24-16/h3-10H,1-2H3,(H,17,22)(H,18,21)/b19-16+. The molecular weight excluding hydrogens is 344 g/mol. The molecule has 2 aromatic heterocycles. The molecule has 1 unspecified atom stereocenters. The Balaban J connectivity index is 1.69. The molecule has 3 rings (SSSR count). The molecule has 2 heterocycles. The van der Waals surface area contributed by atoms with Gasteiger partial charge < -0.3 is 9.88 Å². The average Bonchev–Trinajstić information content (AvgIpc) is 3.21. The number of aryl methyl sites for hydroxylation is 1. The van der Waals surface area contributed by atoms with Crippen LogP contribution in [0, 0.1) is 0 Å². The van der Waals surface area contributed by atoms with E-state index in [0.29, 0.717) is 9.68 Å². The Hall–Kier alpha value is -2.45. The van der Waals surface area contributed by atoms with Gasteiger partial charge in [0, 0.05) is 7.05 Å². The van der Waals surface area contributed by atoms with E-state index >= 15 is 0 Å². The average molecular weight is 360 g/mol. The van der Waals surface area contributed by atoms with Crippen LogP contribution in [0.2, 0.25) is 0 Å². The van der Waals surface area contributed by atoms with Gasteiger partial charge in [-0.05, 0) is 30.5 Å². The van der Waals surface area contributed by atoms with Crippen LogP contribution in [0.1, 0.15) is 16.6 Å². The van der Waals surface area contributed by atoms with Crippen molar-refractivity contribution in [3.63, 3.8) is 0 Å². The van der Waals surface area contributed by atoms with Crippen LogP contribution in [0.3, 0.4) is 0 Å². The molecule has 0 radical (unpaired) electrons. The molecule has 0 aliphatic rings. The molecule has 8 heteroatoms. The Labute approximate surface area is 146 Å². The van der Waals surface area contributed by atoms with Crippen LogP contribution < -0.4 is 15.5 Å². The van der Waals surface area contributed by atoms with Crippen LogP contribution in [0.25, 0.3) is 10.2 Å². The van der Waals surface area contributed by atoms with Gasteiger partial charge in [0.05, 0.1) is 15.1 Å². The quantitative estimate of drug-likeness (QED) is 0.699. The zero-order valence-electron chi connectivity index (χ0n) is 13.1. The van der Waals surface area contributed by atoms with E-state index in [1.54, 1.807) is 19.1 Å². The molecule has 0 aliphatic carbocycles. The summed E-state index contributed by atoms with van der Waals surface area (Å²) in [5.41, 5.74) is 3.57. The van der Waals surface area contributed by atoms with Crippen LogP contribution in [-0.2, 0) is 11.8 Å². The monoisotopic (exact) mass is 360 g/mol. The summed E-state index contributed by atoms with van der Waals surface area (Å²) in [4.78, 5) is 25.3. The maximum atomic E-state index is 12.1. The summed E-state index contributed by atoms with van der Waals surface area (Å²) in [5.74, 6) is -0.627. The molecule has 0 spiro atoms. The number of carbonyl (C=O) groups is 2. The van der Waals surface area contributed by atoms with Crippen LogP contribution in [-0.4, -0.2) is 22.4 Å². The zero-order valence-corrected chi connectivity index (χ0v) is 14.8. The fourth-order valence-electron chi connectivity index (χ4n) is 2.13. The van der Waals surface area contributed by atoms with Gasteiger partial charge in [0.2, 0.25) is 4.80 Å². The minimum absolute atomic E-state index is 0.264. The van der Waals surface area contributed by atoms with Gasteiger partial charge >= 0.3 is 0 Å². The number of fused-ring (bicyclic) bond motifs is 1. The number of hydrogen-bond donors (Lipinski definition) is 2. The topological polar surface area (TPSA) is 75.5 Å². The third-order valence-electron chi connectivity index (χ3n) is 3.46. The van der Waals surface area contributed by atoms with Crippen molar-refractivity contribution >= 4 is 44.7 Å². The molecule has 1 atom stereocenters. The first-order chi connectivity index (χ1) is 11.6. The molecule has 0 saturated heterocycles. The Morgan fingerprint density at radius 3 is 2.71 bits per heavy atom. The summed E-state index contributed by atoms with van der Waals surface area (Å²) in [7, 11) is 1.89. The number of carbonyl (C=O) groups excluding carboxylic acids is 2. The first-order valence-corrected chi connectivity index (χ1v) is 8.98. The number of aromatic nitrogens is 1. The number of hydrogen-bond acceptors (Lipinski definition) is 5. The van der Waals surface area contributed by atoms with Gasteiger partial charge in [-0.3, -0.25) is 9.59 Å². The van der Waals surface area contributed by atoms with Crippen molar-refractivity contribution in [2.45, 2.75) is 13.0 Å². The van der Waals surface area contributed by atoms with Crippen molar-refractivity contribution in [1.29, 1.82) is 0 Å². The van der Waals surface area contributed by atoms with E-state index in [4.69, 9.17) is 0 Å². The zero-order chi connectivity index (χ0) is 17.1. The molecule has 2 N–H and O–H groups in total. The summed E-state index contributed by atoms with van der Waals surface area (Å²) in [6, 6.07) is 10.8. The van der Waals surface area contributed by atoms with Gasteiger partial charge in [-0.1, -0.05) is 29.5 Å². The largest absolute Gasteiger partial charge is 0.340 e. The maximum Gasteiger partial charge on any atom is 0.262 e. The molecule has 1 aromatic carbocycles. The fourth-order valence-corrected chi connectivity index (χ4v) is 3.74. The van der Waals surface area contributed by atoms with Crippen molar-refractivity contribution in [1.82, 2.24) is 15.3 Å². The number of amides is 2. The highest BCUT2D eigenvalue weighted by atomic mass is 32.1. The molecule has 0 bridgehead atoms. The van der Waals surface area contributed by atoms with Gasteiger partial charge in [-0.15, -0.1) is 16.4 Å². The Kier molecular flexibility index (Phi) is 4.77. The van der Waals surface area contributed by atoms with Crippen molar-refractivity contribution in [3.05, 3.63) is 51.5 Å². The van der Waals surface area contributed by atoms with Crippen LogP contribution in [0.15, 0.2) is 46.9 Å². The van der Waals surface area contributed by atoms with E-state index in [2.05, 4.69) is 15.8 Å². The van der Waals surface area contributed by atoms with E-state index in [-0.39, 0.29) is 11.8 Å². The summed E-state index contributed by atoms with van der Waals surface area (Å²) in [5, 5.41) is 8.64. The Morgan fingerprint density at radius 1 is 1.21 bits per heavy atom. The number of benzene rings is 1. The van der Waals surface area contributed by atoms with Gasteiger partial charge in [-0.2, -0.15) is 0 Å². The highest BCUT2D eigenvalue weighted by Crippen LogP contribution is 2.14. The summed E-state index contributed by atoms with van der Waals surface area (Å²) in [6.07, 6.45) is 0. The highest BCUT2D eigenvalue weighted by Gasteiger charge is 2.16. The van der Waals surface area contributed by atoms with Crippen LogP contribution >= 0.6 is 22.7 Å². The van der Waals surface area contributed by atoms with Crippen molar-refractivity contribution < 1.29 is 9.59 Å². The predicted molar refractivity (Wildman–Crippen MR) is 95.7 cm³/mol.